The number of piperidine rings is 2. The number of hydrogen-bond donors (Lipinski definition) is 1. The van der Waals surface area contributed by atoms with E-state index in [4.69, 9.17) is 4.42 Å². The van der Waals surface area contributed by atoms with Crippen molar-refractivity contribution < 1.29 is 4.42 Å². The average molecular weight is 314 g/mol. The standard InChI is InChI=1S/C18H26N4O/c1-3-15(18-19-7-8-20-18)13-22(9-1)16-5-10-21(11-6-16)14-17-4-2-12-23-17/h2,4,7-8,12,15-16H,1,3,5-6,9-11,13-14H2,(H,19,20)/t15-/m0/s1. The molecule has 124 valence electrons. The molecule has 0 spiro atoms. The van der Waals surface area contributed by atoms with Crippen LogP contribution in [0.4, 0.5) is 0 Å². The fraction of sp³-hybridized carbons (Fsp3) is 0.611. The van der Waals surface area contributed by atoms with Crippen molar-refractivity contribution >= 4 is 0 Å². The summed E-state index contributed by atoms with van der Waals surface area (Å²) in [6.07, 6.45) is 10.7. The first kappa shape index (κ1) is 15.0. The number of imidazole rings is 1. The van der Waals surface area contributed by atoms with E-state index in [9.17, 15) is 0 Å². The van der Waals surface area contributed by atoms with Crippen LogP contribution in [-0.4, -0.2) is 52.0 Å². The van der Waals surface area contributed by atoms with Crippen molar-refractivity contribution in [2.45, 2.75) is 44.2 Å². The summed E-state index contributed by atoms with van der Waals surface area (Å²) in [5, 5.41) is 0. The predicted octanol–water partition coefficient (Wildman–Crippen LogP) is 2.85. The Hall–Kier alpha value is -1.59. The number of H-pyrrole nitrogens is 1. The number of furan rings is 1. The second kappa shape index (κ2) is 6.89. The van der Waals surface area contributed by atoms with Crippen molar-refractivity contribution in [3.05, 3.63) is 42.4 Å². The van der Waals surface area contributed by atoms with Gasteiger partial charge in [0.05, 0.1) is 12.8 Å². The van der Waals surface area contributed by atoms with Crippen LogP contribution in [-0.2, 0) is 6.54 Å². The molecule has 2 fully saturated rings. The number of hydrogen-bond acceptors (Lipinski definition) is 4. The van der Waals surface area contributed by atoms with Crippen LogP contribution in [0, 0.1) is 0 Å². The molecule has 23 heavy (non-hydrogen) atoms. The van der Waals surface area contributed by atoms with E-state index < -0.39 is 0 Å². The molecule has 0 amide bonds. The van der Waals surface area contributed by atoms with Gasteiger partial charge in [-0.1, -0.05) is 0 Å². The highest BCUT2D eigenvalue weighted by molar-refractivity contribution is 5.01. The molecule has 2 aliphatic rings. The van der Waals surface area contributed by atoms with Crippen molar-refractivity contribution in [2.24, 2.45) is 0 Å². The third kappa shape index (κ3) is 3.51. The van der Waals surface area contributed by atoms with Crippen molar-refractivity contribution in [3.8, 4) is 0 Å². The van der Waals surface area contributed by atoms with Gasteiger partial charge in [-0.05, 0) is 44.4 Å². The van der Waals surface area contributed by atoms with Crippen molar-refractivity contribution in [1.82, 2.24) is 19.8 Å². The normalized spacial score (nSPS) is 25.0. The summed E-state index contributed by atoms with van der Waals surface area (Å²) in [5.41, 5.74) is 0. The van der Waals surface area contributed by atoms with Gasteiger partial charge < -0.3 is 9.40 Å². The number of rotatable bonds is 4. The molecule has 2 aliphatic heterocycles. The number of nitrogens with zero attached hydrogens (tertiary/aromatic N) is 3. The maximum Gasteiger partial charge on any atom is 0.117 e. The van der Waals surface area contributed by atoms with Gasteiger partial charge in [-0.25, -0.2) is 4.98 Å². The molecular weight excluding hydrogens is 288 g/mol. The molecule has 5 heteroatoms. The van der Waals surface area contributed by atoms with Gasteiger partial charge in [-0.2, -0.15) is 0 Å². The van der Waals surface area contributed by atoms with Crippen LogP contribution in [0.3, 0.4) is 0 Å². The third-order valence-electron chi connectivity index (χ3n) is 5.39. The van der Waals surface area contributed by atoms with Crippen molar-refractivity contribution in [1.29, 1.82) is 0 Å². The summed E-state index contributed by atoms with van der Waals surface area (Å²) < 4.78 is 5.47. The molecule has 5 nitrogen and oxygen atoms in total. The van der Waals surface area contributed by atoms with E-state index in [2.05, 4.69) is 25.8 Å². The summed E-state index contributed by atoms with van der Waals surface area (Å²) in [6.45, 7) is 5.71. The molecular formula is C18H26N4O. The minimum atomic E-state index is 0.583. The lowest BCUT2D eigenvalue weighted by molar-refractivity contribution is 0.0787. The fourth-order valence-corrected chi connectivity index (χ4v) is 4.13. The Morgan fingerprint density at radius 3 is 2.87 bits per heavy atom. The largest absolute Gasteiger partial charge is 0.468 e. The molecule has 2 aromatic rings. The second-order valence-electron chi connectivity index (χ2n) is 6.90. The lowest BCUT2D eigenvalue weighted by Crippen LogP contribution is -2.48. The Bertz CT molecular complexity index is 572. The zero-order valence-corrected chi connectivity index (χ0v) is 13.7. The average Bonchev–Trinajstić information content (AvgIpc) is 3.29. The summed E-state index contributed by atoms with van der Waals surface area (Å²) >= 11 is 0. The zero-order valence-electron chi connectivity index (χ0n) is 13.7. The summed E-state index contributed by atoms with van der Waals surface area (Å²) in [6, 6.07) is 4.79. The number of likely N-dealkylation sites (tertiary alicyclic amines) is 2. The first-order valence-electron chi connectivity index (χ1n) is 8.86. The Morgan fingerprint density at radius 2 is 2.13 bits per heavy atom. The Kier molecular flexibility index (Phi) is 4.48. The van der Waals surface area contributed by atoms with Gasteiger partial charge in [0, 0.05) is 44.0 Å². The van der Waals surface area contributed by atoms with Crippen LogP contribution < -0.4 is 0 Å². The first-order chi connectivity index (χ1) is 11.4. The van der Waals surface area contributed by atoms with E-state index in [0.717, 1.165) is 24.9 Å². The van der Waals surface area contributed by atoms with Crippen LogP contribution in [0.15, 0.2) is 35.2 Å². The lowest BCUT2D eigenvalue weighted by Gasteiger charge is -2.41. The van der Waals surface area contributed by atoms with Crippen molar-refractivity contribution in [2.75, 3.05) is 26.2 Å². The Labute approximate surface area is 137 Å². The van der Waals surface area contributed by atoms with Gasteiger partial charge in [0.25, 0.3) is 0 Å². The van der Waals surface area contributed by atoms with Gasteiger partial charge in [0.2, 0.25) is 0 Å². The van der Waals surface area contributed by atoms with Gasteiger partial charge in [0.1, 0.15) is 11.6 Å². The Balaban J connectivity index is 1.29. The first-order valence-corrected chi connectivity index (χ1v) is 8.86. The van der Waals surface area contributed by atoms with Crippen LogP contribution in [0.25, 0.3) is 0 Å². The molecule has 0 aliphatic carbocycles. The van der Waals surface area contributed by atoms with E-state index in [1.807, 2.05) is 18.5 Å². The maximum absolute atomic E-state index is 5.47. The third-order valence-corrected chi connectivity index (χ3v) is 5.39. The molecule has 4 heterocycles. The number of aromatic nitrogens is 2. The second-order valence-corrected chi connectivity index (χ2v) is 6.90. The molecule has 2 aromatic heterocycles. The van der Waals surface area contributed by atoms with E-state index in [1.165, 1.54) is 51.1 Å². The topological polar surface area (TPSA) is 48.3 Å². The minimum absolute atomic E-state index is 0.583. The van der Waals surface area contributed by atoms with Gasteiger partial charge >= 0.3 is 0 Å². The maximum atomic E-state index is 5.47. The van der Waals surface area contributed by atoms with Crippen LogP contribution in [0.2, 0.25) is 0 Å². The predicted molar refractivity (Wildman–Crippen MR) is 89.1 cm³/mol. The zero-order chi connectivity index (χ0) is 15.5. The molecule has 0 saturated carbocycles. The minimum Gasteiger partial charge on any atom is -0.468 e. The summed E-state index contributed by atoms with van der Waals surface area (Å²) in [4.78, 5) is 13.0. The van der Waals surface area contributed by atoms with Crippen LogP contribution in [0.5, 0.6) is 0 Å². The number of nitrogens with one attached hydrogen (secondary N) is 1. The Morgan fingerprint density at radius 1 is 1.22 bits per heavy atom. The lowest BCUT2D eigenvalue weighted by atomic mass is 9.93. The van der Waals surface area contributed by atoms with Crippen LogP contribution >= 0.6 is 0 Å². The highest BCUT2D eigenvalue weighted by atomic mass is 16.3. The molecule has 1 atom stereocenters. The van der Waals surface area contributed by atoms with Gasteiger partial charge in [0.15, 0.2) is 0 Å². The monoisotopic (exact) mass is 314 g/mol. The highest BCUT2D eigenvalue weighted by Gasteiger charge is 2.30. The summed E-state index contributed by atoms with van der Waals surface area (Å²) in [7, 11) is 0. The molecule has 2 saturated heterocycles. The quantitative estimate of drug-likeness (QED) is 0.943. The van der Waals surface area contributed by atoms with E-state index in [0.29, 0.717) is 5.92 Å². The van der Waals surface area contributed by atoms with Crippen LogP contribution in [0.1, 0.15) is 43.2 Å². The summed E-state index contributed by atoms with van der Waals surface area (Å²) in [5.74, 6) is 2.84. The van der Waals surface area contributed by atoms with Gasteiger partial charge in [-0.15, -0.1) is 0 Å². The molecule has 0 bridgehead atoms. The molecule has 4 rings (SSSR count). The highest BCUT2D eigenvalue weighted by Crippen LogP contribution is 2.28. The molecule has 0 unspecified atom stereocenters. The molecule has 1 N–H and O–H groups in total. The molecule has 0 aromatic carbocycles. The van der Waals surface area contributed by atoms with E-state index in [1.54, 1.807) is 6.26 Å². The van der Waals surface area contributed by atoms with Crippen molar-refractivity contribution in [3.63, 3.8) is 0 Å². The smallest absolute Gasteiger partial charge is 0.117 e. The fourth-order valence-electron chi connectivity index (χ4n) is 4.13. The van der Waals surface area contributed by atoms with E-state index in [-0.39, 0.29) is 0 Å². The van der Waals surface area contributed by atoms with Gasteiger partial charge in [-0.3, -0.25) is 9.80 Å². The number of aromatic amines is 1. The SMILES string of the molecule is c1coc(CN2CCC(N3CCC[C@H](c4ncc[nH]4)C3)CC2)c1. The molecule has 0 radical (unpaired) electrons. The van der Waals surface area contributed by atoms with E-state index >= 15 is 0 Å².